The summed E-state index contributed by atoms with van der Waals surface area (Å²) in [4.78, 5) is 41.0. The van der Waals surface area contributed by atoms with Crippen molar-refractivity contribution in [2.24, 2.45) is 23.2 Å². The van der Waals surface area contributed by atoms with Crippen molar-refractivity contribution in [1.82, 2.24) is 10.2 Å². The molecule has 0 radical (unpaired) electrons. The van der Waals surface area contributed by atoms with Crippen LogP contribution in [0, 0.1) is 23.2 Å². The Morgan fingerprint density at radius 1 is 0.972 bits per heavy atom. The van der Waals surface area contributed by atoms with Crippen LogP contribution in [0.25, 0.3) is 0 Å². The quantitative estimate of drug-likeness (QED) is 0.569. The molecule has 5 saturated carbocycles. The van der Waals surface area contributed by atoms with Crippen LogP contribution in [0.5, 0.6) is 0 Å². The minimum absolute atomic E-state index is 0.0272. The van der Waals surface area contributed by atoms with Crippen LogP contribution in [0.3, 0.4) is 0 Å². The fourth-order valence-electron chi connectivity index (χ4n) is 8.45. The van der Waals surface area contributed by atoms with Gasteiger partial charge in [0.25, 0.3) is 5.91 Å². The van der Waals surface area contributed by atoms with Crippen molar-refractivity contribution in [2.45, 2.75) is 81.8 Å². The number of nitrogens with zero attached hydrogens (tertiary/aromatic N) is 1. The lowest BCUT2D eigenvalue weighted by Gasteiger charge is -2.56. The summed E-state index contributed by atoms with van der Waals surface area (Å²) in [7, 11) is 0. The Morgan fingerprint density at radius 2 is 1.61 bits per heavy atom. The van der Waals surface area contributed by atoms with Crippen LogP contribution in [0.15, 0.2) is 30.3 Å². The molecule has 36 heavy (non-hydrogen) atoms. The predicted octanol–water partition coefficient (Wildman–Crippen LogP) is 2.95. The van der Waals surface area contributed by atoms with Crippen molar-refractivity contribution < 1.29 is 24.2 Å². The SMILES string of the molecule is O=C(COC(=O)[C@@H]1CC(O)CN1C(=O)C12CC3CC(CC(C3)C1)C2)NCC1(c2ccccc2)CCC1. The number of esters is 1. The Morgan fingerprint density at radius 3 is 2.19 bits per heavy atom. The molecule has 7 heteroatoms. The highest BCUT2D eigenvalue weighted by Crippen LogP contribution is 2.60. The molecule has 1 saturated heterocycles. The van der Waals surface area contributed by atoms with E-state index >= 15 is 0 Å². The zero-order chi connectivity index (χ0) is 24.9. The number of nitrogens with one attached hydrogen (secondary N) is 1. The monoisotopic (exact) mass is 494 g/mol. The third-order valence-corrected chi connectivity index (χ3v) is 9.97. The van der Waals surface area contributed by atoms with Crippen LogP contribution in [0.2, 0.25) is 0 Å². The number of rotatable bonds is 7. The second-order valence-corrected chi connectivity index (χ2v) is 12.4. The number of β-amino-alcohol motifs (C(OH)–C–C–N with tert-alkyl or cyclic N) is 1. The van der Waals surface area contributed by atoms with Gasteiger partial charge in [-0.2, -0.15) is 0 Å². The number of aliphatic hydroxyl groups is 1. The molecule has 2 amide bonds. The summed E-state index contributed by atoms with van der Waals surface area (Å²) in [5, 5.41) is 13.3. The lowest BCUT2D eigenvalue weighted by Crippen LogP contribution is -2.56. The van der Waals surface area contributed by atoms with Crippen molar-refractivity contribution in [2.75, 3.05) is 19.7 Å². The molecular formula is C29H38N2O5. The van der Waals surface area contributed by atoms with Gasteiger partial charge in [0.1, 0.15) is 6.04 Å². The molecule has 6 fully saturated rings. The standard InChI is InChI=1S/C29H38N2O5/c32-23-12-24(31(16-23)27(35)29-13-19-9-20(14-29)11-21(10-19)15-29)26(34)36-17-25(33)30-18-28(7-4-8-28)22-5-2-1-3-6-22/h1-3,5-6,19-21,23-24,32H,4,7-18H2,(H,30,33)/t19?,20?,21?,23?,24-,29?/m0/s1. The maximum Gasteiger partial charge on any atom is 0.329 e. The van der Waals surface area contributed by atoms with Crippen molar-refractivity contribution in [1.29, 1.82) is 0 Å². The number of carbonyl (C=O) groups excluding carboxylic acids is 3. The summed E-state index contributed by atoms with van der Waals surface area (Å²) in [5.74, 6) is 0.980. The normalized spacial score (nSPS) is 35.8. The number of carbonyl (C=O) groups is 3. The molecule has 1 aromatic rings. The van der Waals surface area contributed by atoms with E-state index in [1.807, 2.05) is 18.2 Å². The molecule has 7 nitrogen and oxygen atoms in total. The molecule has 4 bridgehead atoms. The molecule has 194 valence electrons. The third-order valence-electron chi connectivity index (χ3n) is 9.97. The van der Waals surface area contributed by atoms with Crippen molar-refractivity contribution in [3.63, 3.8) is 0 Å². The van der Waals surface area contributed by atoms with Gasteiger partial charge in [-0.15, -0.1) is 0 Å². The van der Waals surface area contributed by atoms with Crippen LogP contribution in [0.4, 0.5) is 0 Å². The number of aliphatic hydroxyl groups excluding tert-OH is 1. The molecule has 2 N–H and O–H groups in total. The lowest BCUT2D eigenvalue weighted by atomic mass is 9.49. The van der Waals surface area contributed by atoms with Gasteiger partial charge in [0.2, 0.25) is 5.91 Å². The fraction of sp³-hybridized carbons (Fsp3) is 0.690. The molecule has 1 unspecified atom stereocenters. The zero-order valence-electron chi connectivity index (χ0n) is 21.0. The van der Waals surface area contributed by atoms with E-state index in [-0.39, 0.29) is 42.2 Å². The number of hydrogen-bond acceptors (Lipinski definition) is 5. The van der Waals surface area contributed by atoms with E-state index in [0.29, 0.717) is 24.3 Å². The second-order valence-electron chi connectivity index (χ2n) is 12.4. The minimum atomic E-state index is -0.810. The summed E-state index contributed by atoms with van der Waals surface area (Å²) in [6.07, 6.45) is 9.08. The molecular weight excluding hydrogens is 456 g/mol. The molecule has 7 rings (SSSR count). The fourth-order valence-corrected chi connectivity index (χ4v) is 8.45. The van der Waals surface area contributed by atoms with Gasteiger partial charge in [0.05, 0.1) is 11.5 Å². The van der Waals surface area contributed by atoms with Crippen molar-refractivity contribution in [3.8, 4) is 0 Å². The maximum absolute atomic E-state index is 13.8. The van der Waals surface area contributed by atoms with Gasteiger partial charge in [0.15, 0.2) is 6.61 Å². The van der Waals surface area contributed by atoms with Gasteiger partial charge in [-0.3, -0.25) is 9.59 Å². The van der Waals surface area contributed by atoms with E-state index in [1.54, 1.807) is 4.90 Å². The van der Waals surface area contributed by atoms with E-state index in [4.69, 9.17) is 4.74 Å². The van der Waals surface area contributed by atoms with E-state index in [2.05, 4.69) is 17.4 Å². The van der Waals surface area contributed by atoms with Gasteiger partial charge in [-0.05, 0) is 74.7 Å². The lowest BCUT2D eigenvalue weighted by molar-refractivity contribution is -0.166. The maximum atomic E-state index is 13.8. The van der Waals surface area contributed by atoms with Crippen LogP contribution < -0.4 is 5.32 Å². The molecule has 0 spiro atoms. The molecule has 0 aromatic heterocycles. The summed E-state index contributed by atoms with van der Waals surface area (Å²) in [5.41, 5.74) is 0.813. The molecule has 2 atom stereocenters. The molecule has 1 heterocycles. The Labute approximate surface area is 212 Å². The highest BCUT2D eigenvalue weighted by molar-refractivity contribution is 5.90. The Hall–Kier alpha value is -2.41. The Balaban J connectivity index is 1.05. The summed E-state index contributed by atoms with van der Waals surface area (Å²) >= 11 is 0. The number of ether oxygens (including phenoxy) is 1. The first-order valence-corrected chi connectivity index (χ1v) is 13.8. The number of hydrogen-bond donors (Lipinski definition) is 2. The predicted molar refractivity (Wildman–Crippen MR) is 133 cm³/mol. The topological polar surface area (TPSA) is 95.9 Å². The Bertz CT molecular complexity index is 984. The van der Waals surface area contributed by atoms with E-state index in [1.165, 1.54) is 24.8 Å². The van der Waals surface area contributed by atoms with Crippen LogP contribution in [0.1, 0.15) is 69.8 Å². The Kier molecular flexibility index (Phi) is 6.09. The van der Waals surface area contributed by atoms with Gasteiger partial charge in [-0.25, -0.2) is 4.79 Å². The van der Waals surface area contributed by atoms with Crippen molar-refractivity contribution in [3.05, 3.63) is 35.9 Å². The van der Waals surface area contributed by atoms with Gasteiger partial charge < -0.3 is 20.1 Å². The highest BCUT2D eigenvalue weighted by atomic mass is 16.5. The van der Waals surface area contributed by atoms with E-state index in [0.717, 1.165) is 38.5 Å². The average Bonchev–Trinajstić information content (AvgIpc) is 3.23. The first-order valence-electron chi connectivity index (χ1n) is 13.8. The third kappa shape index (κ3) is 4.23. The second kappa shape index (κ2) is 9.16. The van der Waals surface area contributed by atoms with E-state index in [9.17, 15) is 19.5 Å². The summed E-state index contributed by atoms with van der Waals surface area (Å²) in [6, 6.07) is 9.43. The van der Waals surface area contributed by atoms with Crippen molar-refractivity contribution >= 4 is 17.8 Å². The zero-order valence-corrected chi connectivity index (χ0v) is 21.0. The van der Waals surface area contributed by atoms with Crippen LogP contribution in [-0.4, -0.2) is 59.6 Å². The molecule has 6 aliphatic rings. The van der Waals surface area contributed by atoms with Crippen LogP contribution in [-0.2, 0) is 24.5 Å². The van der Waals surface area contributed by atoms with Gasteiger partial charge in [0, 0.05) is 24.9 Å². The smallest absolute Gasteiger partial charge is 0.329 e. The van der Waals surface area contributed by atoms with Gasteiger partial charge in [-0.1, -0.05) is 36.8 Å². The average molecular weight is 495 g/mol. The summed E-state index contributed by atoms with van der Waals surface area (Å²) < 4.78 is 5.40. The highest BCUT2D eigenvalue weighted by Gasteiger charge is 2.57. The molecule has 5 aliphatic carbocycles. The first-order chi connectivity index (χ1) is 17.4. The summed E-state index contributed by atoms with van der Waals surface area (Å²) in [6.45, 7) is 0.327. The van der Waals surface area contributed by atoms with Crippen LogP contribution >= 0.6 is 0 Å². The number of benzene rings is 1. The number of amides is 2. The molecule has 1 aliphatic heterocycles. The first kappa shape index (κ1) is 24.0. The molecule has 1 aromatic carbocycles. The van der Waals surface area contributed by atoms with E-state index < -0.39 is 18.1 Å². The van der Waals surface area contributed by atoms with Gasteiger partial charge >= 0.3 is 5.97 Å². The minimum Gasteiger partial charge on any atom is -0.454 e. The number of likely N-dealkylation sites (tertiary alicyclic amines) is 1. The largest absolute Gasteiger partial charge is 0.454 e.